The standard InChI is InChI=1S/C9H14F3NO2.C2HF3O2/c1-13(5-4-9(10,11)12)7(8(14)15)6-2-3-6;3-2(4,5)1(6)7/h6-7H,2-5H2,1H3,(H,14,15);(H,6,7). The van der Waals surface area contributed by atoms with Crippen LogP contribution in [-0.2, 0) is 9.59 Å². The Bertz CT molecular complexity index is 391. The molecule has 0 radical (unpaired) electrons. The minimum Gasteiger partial charge on any atom is -0.480 e. The molecule has 0 aliphatic heterocycles. The van der Waals surface area contributed by atoms with Gasteiger partial charge in [-0.1, -0.05) is 0 Å². The fourth-order valence-electron chi connectivity index (χ4n) is 1.60. The van der Waals surface area contributed by atoms with Gasteiger partial charge in [-0.2, -0.15) is 26.3 Å². The summed E-state index contributed by atoms with van der Waals surface area (Å²) in [4.78, 5) is 21.0. The fourth-order valence-corrected chi connectivity index (χ4v) is 1.60. The van der Waals surface area contributed by atoms with Crippen molar-refractivity contribution in [2.75, 3.05) is 13.6 Å². The third kappa shape index (κ3) is 8.70. The van der Waals surface area contributed by atoms with E-state index >= 15 is 0 Å². The molecule has 0 bridgehead atoms. The largest absolute Gasteiger partial charge is 0.490 e. The van der Waals surface area contributed by atoms with Crippen molar-refractivity contribution >= 4 is 11.9 Å². The van der Waals surface area contributed by atoms with Crippen LogP contribution < -0.4 is 0 Å². The van der Waals surface area contributed by atoms with Crippen LogP contribution in [0.4, 0.5) is 26.3 Å². The zero-order valence-corrected chi connectivity index (χ0v) is 11.4. The van der Waals surface area contributed by atoms with E-state index in [4.69, 9.17) is 15.0 Å². The van der Waals surface area contributed by atoms with E-state index in [9.17, 15) is 31.1 Å². The molecule has 0 aromatic carbocycles. The molecule has 1 rings (SSSR count). The Balaban J connectivity index is 0.000000534. The van der Waals surface area contributed by atoms with Gasteiger partial charge in [-0.25, -0.2) is 4.79 Å². The second-order valence-electron chi connectivity index (χ2n) is 4.77. The number of rotatable bonds is 5. The van der Waals surface area contributed by atoms with E-state index in [1.165, 1.54) is 11.9 Å². The lowest BCUT2D eigenvalue weighted by Gasteiger charge is -2.24. The zero-order chi connectivity index (χ0) is 17.7. The molecule has 130 valence electrons. The first-order valence-corrected chi connectivity index (χ1v) is 6.05. The molecule has 1 unspecified atom stereocenters. The smallest absolute Gasteiger partial charge is 0.480 e. The number of carbonyl (C=O) groups is 2. The van der Waals surface area contributed by atoms with Gasteiger partial charge in [0.05, 0.1) is 6.42 Å². The molecule has 0 aromatic rings. The van der Waals surface area contributed by atoms with Gasteiger partial charge in [0.1, 0.15) is 6.04 Å². The van der Waals surface area contributed by atoms with Crippen molar-refractivity contribution in [2.24, 2.45) is 5.92 Å². The van der Waals surface area contributed by atoms with Gasteiger partial charge in [-0.15, -0.1) is 0 Å². The summed E-state index contributed by atoms with van der Waals surface area (Å²) in [5, 5.41) is 16.0. The second kappa shape index (κ2) is 7.65. The lowest BCUT2D eigenvalue weighted by Crippen LogP contribution is -2.41. The molecule has 22 heavy (non-hydrogen) atoms. The number of carboxylic acid groups (broad SMARTS) is 2. The van der Waals surface area contributed by atoms with Gasteiger partial charge < -0.3 is 10.2 Å². The fraction of sp³-hybridized carbons (Fsp3) is 0.818. The second-order valence-corrected chi connectivity index (χ2v) is 4.77. The van der Waals surface area contributed by atoms with Crippen molar-refractivity contribution in [3.63, 3.8) is 0 Å². The summed E-state index contributed by atoms with van der Waals surface area (Å²) in [6, 6.07) is -0.757. The molecule has 1 atom stereocenters. The maximum atomic E-state index is 11.9. The number of nitrogens with zero attached hydrogens (tertiary/aromatic N) is 1. The summed E-state index contributed by atoms with van der Waals surface area (Å²) in [5.74, 6) is -3.75. The van der Waals surface area contributed by atoms with E-state index < -0.39 is 36.8 Å². The van der Waals surface area contributed by atoms with Crippen molar-refractivity contribution in [3.05, 3.63) is 0 Å². The van der Waals surface area contributed by atoms with Gasteiger partial charge in [0.25, 0.3) is 0 Å². The molecule has 1 fully saturated rings. The van der Waals surface area contributed by atoms with E-state index in [0.717, 1.165) is 12.8 Å². The minimum absolute atomic E-state index is 0.0285. The third-order valence-electron chi connectivity index (χ3n) is 2.79. The summed E-state index contributed by atoms with van der Waals surface area (Å²) in [5.41, 5.74) is 0. The van der Waals surface area contributed by atoms with Crippen LogP contribution in [0.1, 0.15) is 19.3 Å². The molecule has 1 aliphatic rings. The minimum atomic E-state index is -5.08. The Morgan fingerprint density at radius 3 is 1.77 bits per heavy atom. The third-order valence-corrected chi connectivity index (χ3v) is 2.79. The number of aliphatic carboxylic acids is 2. The molecule has 0 spiro atoms. The summed E-state index contributed by atoms with van der Waals surface area (Å²) < 4.78 is 67.5. The maximum absolute atomic E-state index is 11.9. The van der Waals surface area contributed by atoms with E-state index in [0.29, 0.717) is 0 Å². The van der Waals surface area contributed by atoms with Gasteiger partial charge in [0.15, 0.2) is 0 Å². The summed E-state index contributed by atoms with van der Waals surface area (Å²) in [6.07, 6.45) is -8.67. The monoisotopic (exact) mass is 339 g/mol. The average Bonchev–Trinajstić information content (AvgIpc) is 3.09. The Labute approximate surface area is 121 Å². The molecule has 2 N–H and O–H groups in total. The van der Waals surface area contributed by atoms with Crippen molar-refractivity contribution in [1.29, 1.82) is 0 Å². The highest BCUT2D eigenvalue weighted by Crippen LogP contribution is 2.35. The Morgan fingerprint density at radius 2 is 1.55 bits per heavy atom. The number of hydrogen-bond donors (Lipinski definition) is 2. The van der Waals surface area contributed by atoms with Crippen LogP contribution in [0.15, 0.2) is 0 Å². The molecular formula is C11H15F6NO4. The predicted molar refractivity (Wildman–Crippen MR) is 61.1 cm³/mol. The SMILES string of the molecule is CN(CCC(F)(F)F)C(C(=O)O)C1CC1.O=C(O)C(F)(F)F. The van der Waals surface area contributed by atoms with Crippen LogP contribution in [0.25, 0.3) is 0 Å². The molecular weight excluding hydrogens is 324 g/mol. The van der Waals surface area contributed by atoms with Crippen LogP contribution in [0.5, 0.6) is 0 Å². The van der Waals surface area contributed by atoms with Crippen LogP contribution in [0.3, 0.4) is 0 Å². The molecule has 5 nitrogen and oxygen atoms in total. The van der Waals surface area contributed by atoms with E-state index in [1.54, 1.807) is 0 Å². The summed E-state index contributed by atoms with van der Waals surface area (Å²) >= 11 is 0. The summed E-state index contributed by atoms with van der Waals surface area (Å²) in [6.45, 7) is -0.253. The number of carboxylic acids is 2. The van der Waals surface area contributed by atoms with Crippen LogP contribution in [0.2, 0.25) is 0 Å². The highest BCUT2D eigenvalue weighted by Gasteiger charge is 2.40. The van der Waals surface area contributed by atoms with Gasteiger partial charge in [0.2, 0.25) is 0 Å². The lowest BCUT2D eigenvalue weighted by atomic mass is 10.1. The highest BCUT2D eigenvalue weighted by atomic mass is 19.4. The van der Waals surface area contributed by atoms with Crippen LogP contribution in [-0.4, -0.2) is 59.0 Å². The van der Waals surface area contributed by atoms with E-state index in [2.05, 4.69) is 0 Å². The van der Waals surface area contributed by atoms with Crippen LogP contribution in [0, 0.1) is 5.92 Å². The van der Waals surface area contributed by atoms with Crippen molar-refractivity contribution in [3.8, 4) is 0 Å². The van der Waals surface area contributed by atoms with Crippen molar-refractivity contribution < 1.29 is 46.1 Å². The lowest BCUT2D eigenvalue weighted by molar-refractivity contribution is -0.192. The first-order chi connectivity index (χ1) is 9.75. The Morgan fingerprint density at radius 1 is 1.14 bits per heavy atom. The van der Waals surface area contributed by atoms with Gasteiger partial charge in [0, 0.05) is 6.54 Å². The molecule has 1 aliphatic carbocycles. The molecule has 0 heterocycles. The first-order valence-electron chi connectivity index (χ1n) is 6.05. The average molecular weight is 339 g/mol. The number of likely N-dealkylation sites (N-methyl/N-ethyl adjacent to an activating group) is 1. The predicted octanol–water partition coefficient (Wildman–Crippen LogP) is 2.37. The number of halogens is 6. The van der Waals surface area contributed by atoms with Crippen LogP contribution >= 0.6 is 0 Å². The van der Waals surface area contributed by atoms with Gasteiger partial charge in [-0.05, 0) is 25.8 Å². The molecule has 0 aromatic heterocycles. The summed E-state index contributed by atoms with van der Waals surface area (Å²) in [7, 11) is 1.43. The Kier molecular flexibility index (Phi) is 7.13. The topological polar surface area (TPSA) is 77.8 Å². The van der Waals surface area contributed by atoms with Gasteiger partial charge >= 0.3 is 24.3 Å². The molecule has 0 amide bonds. The Hall–Kier alpha value is -1.52. The molecule has 11 heteroatoms. The van der Waals surface area contributed by atoms with Crippen molar-refractivity contribution in [2.45, 2.75) is 37.7 Å². The molecule has 1 saturated carbocycles. The zero-order valence-electron chi connectivity index (χ0n) is 11.4. The number of hydrogen-bond acceptors (Lipinski definition) is 3. The van der Waals surface area contributed by atoms with Crippen molar-refractivity contribution in [1.82, 2.24) is 4.90 Å². The normalized spacial score (nSPS) is 16.7. The van der Waals surface area contributed by atoms with E-state index in [-0.39, 0.29) is 12.5 Å². The van der Waals surface area contributed by atoms with Gasteiger partial charge in [-0.3, -0.25) is 9.69 Å². The quantitative estimate of drug-likeness (QED) is 0.752. The first kappa shape index (κ1) is 20.5. The van der Waals surface area contributed by atoms with E-state index in [1.807, 2.05) is 0 Å². The number of alkyl halides is 6. The highest BCUT2D eigenvalue weighted by molar-refractivity contribution is 5.74. The maximum Gasteiger partial charge on any atom is 0.490 e. The molecule has 0 saturated heterocycles.